The summed E-state index contributed by atoms with van der Waals surface area (Å²) in [6, 6.07) is 25.5. The average Bonchev–Trinajstić information content (AvgIpc) is 2.11. The molecule has 462 valence electrons. The molecule has 3 N–H and O–H groups in total. The standard InChI is InChI=1S/C37H47N3O7.C28H46O2.C4H10.C2H6/c1-39-23-9-5-8-12-35(42)40-24-27(33(25-40)47-36(43)22-21-34(38)41)26-46-37(28-10-6-4-7-11-28,29-13-17-31(44-2)18-14-29)30-15-19-32(45-3)20-16-30;1-19(2)7-6-8-20(3)24-11-12-25-23-10-9-21-17-22(30-18-29)13-15-27(21,4)26(23)14-16-28(24,25)5;1-3-4-2;1-2/h4,6-7,10-11,13-20,27,33,39H,5,8-9,12,21-26H2,1-3H3,(H2,38,41);9,18-20,22-26H,6-8,10-17H2,1-5H3;3-4H2,1-2H3;1-2H3. The smallest absolute Gasteiger partial charge is 0.306 e. The largest absolute Gasteiger partial charge is 0.497 e. The Morgan fingerprint density at radius 3 is 1.98 bits per heavy atom. The highest BCUT2D eigenvalue weighted by atomic mass is 16.6. The number of nitrogens with two attached hydrogens (primary N) is 1. The molecule has 3 saturated carbocycles. The van der Waals surface area contributed by atoms with Crippen LogP contribution >= 0.6 is 0 Å². The molecular formula is C71H109N3O9. The number of hydrogen-bond acceptors (Lipinski definition) is 10. The number of unbranched alkanes of at least 4 members (excludes halogenated alkanes) is 3. The number of methoxy groups -OCH3 is 2. The van der Waals surface area contributed by atoms with Gasteiger partial charge in [0.15, 0.2) is 0 Å². The number of likely N-dealkylation sites (tertiary alicyclic amines) is 1. The van der Waals surface area contributed by atoms with Gasteiger partial charge in [-0.15, -0.1) is 0 Å². The van der Waals surface area contributed by atoms with Gasteiger partial charge in [-0.2, -0.15) is 0 Å². The molecule has 10 unspecified atom stereocenters. The third-order valence-electron chi connectivity index (χ3n) is 19.6. The Morgan fingerprint density at radius 2 is 1.40 bits per heavy atom. The fraction of sp³-hybridized carbons (Fsp3) is 0.662. The van der Waals surface area contributed by atoms with Gasteiger partial charge in [-0.05, 0) is 159 Å². The summed E-state index contributed by atoms with van der Waals surface area (Å²) in [4.78, 5) is 50.0. The number of ether oxygens (including phenoxy) is 5. The van der Waals surface area contributed by atoms with E-state index < -0.39 is 23.6 Å². The molecule has 0 bridgehead atoms. The van der Waals surface area contributed by atoms with Crippen LogP contribution in [0.3, 0.4) is 0 Å². The normalized spacial score (nSPS) is 25.4. The number of carbonyl (C=O) groups is 4. The second kappa shape index (κ2) is 34.1. The van der Waals surface area contributed by atoms with E-state index in [0.717, 1.165) is 90.8 Å². The molecule has 1 saturated heterocycles. The fourth-order valence-electron chi connectivity index (χ4n) is 14.9. The van der Waals surface area contributed by atoms with E-state index in [1.807, 2.05) is 99.8 Å². The van der Waals surface area contributed by atoms with Gasteiger partial charge in [0.2, 0.25) is 11.8 Å². The van der Waals surface area contributed by atoms with Crippen LogP contribution in [0, 0.1) is 52.3 Å². The predicted octanol–water partition coefficient (Wildman–Crippen LogP) is 14.8. The van der Waals surface area contributed by atoms with Crippen molar-refractivity contribution in [3.05, 3.63) is 107 Å². The predicted molar refractivity (Wildman–Crippen MR) is 335 cm³/mol. The SMILES string of the molecule is CC.CC(C)CCCC(C)C1CCC2C3CC=C4CC(OC=O)CCC4(C)C3CCC12C.CCCC.CNCCCCCC(=O)N1CC(COC(c2ccccc2)(c2ccc(OC)cc2)c2ccc(OC)cc2)C(OC(=O)CCC(N)=O)C1. The first-order valence-corrected chi connectivity index (χ1v) is 32.2. The second-order valence-corrected chi connectivity index (χ2v) is 25.2. The monoisotopic (exact) mass is 1150 g/mol. The zero-order chi connectivity index (χ0) is 60.6. The zero-order valence-electron chi connectivity index (χ0n) is 53.3. The van der Waals surface area contributed by atoms with E-state index in [-0.39, 0.29) is 43.9 Å². The second-order valence-electron chi connectivity index (χ2n) is 25.2. The third kappa shape index (κ3) is 17.9. The number of carbonyl (C=O) groups excluding carboxylic acids is 4. The van der Waals surface area contributed by atoms with Gasteiger partial charge >= 0.3 is 5.97 Å². The number of nitrogens with one attached hydrogen (secondary N) is 1. The molecule has 3 aromatic carbocycles. The molecule has 0 spiro atoms. The minimum Gasteiger partial charge on any atom is -0.497 e. The Kier molecular flexibility index (Phi) is 28.2. The van der Waals surface area contributed by atoms with Crippen LogP contribution in [0.1, 0.15) is 201 Å². The number of rotatable bonds is 26. The van der Waals surface area contributed by atoms with Gasteiger partial charge in [0.1, 0.15) is 29.3 Å². The summed E-state index contributed by atoms with van der Waals surface area (Å²) in [5, 5.41) is 3.13. The van der Waals surface area contributed by atoms with Gasteiger partial charge in [-0.25, -0.2) is 0 Å². The fourth-order valence-corrected chi connectivity index (χ4v) is 14.9. The summed E-state index contributed by atoms with van der Waals surface area (Å²) in [5.41, 5.74) is 9.39. The molecule has 1 heterocycles. The van der Waals surface area contributed by atoms with Gasteiger partial charge in [0.05, 0.1) is 33.8 Å². The Labute approximate surface area is 501 Å². The van der Waals surface area contributed by atoms with Crippen molar-refractivity contribution < 1.29 is 42.9 Å². The molecule has 3 aromatic rings. The molecule has 12 heteroatoms. The molecule has 12 nitrogen and oxygen atoms in total. The molecule has 4 aliphatic carbocycles. The van der Waals surface area contributed by atoms with E-state index >= 15 is 0 Å². The molecule has 10 atom stereocenters. The Morgan fingerprint density at radius 1 is 0.759 bits per heavy atom. The topological polar surface area (TPSA) is 156 Å². The number of allylic oxidation sites excluding steroid dienone is 1. The molecule has 8 rings (SSSR count). The number of fused-ring (bicyclic) bond motifs is 5. The van der Waals surface area contributed by atoms with Crippen LogP contribution in [0.25, 0.3) is 0 Å². The van der Waals surface area contributed by atoms with Crippen molar-refractivity contribution in [2.45, 2.75) is 202 Å². The van der Waals surface area contributed by atoms with Crippen LogP contribution in [-0.2, 0) is 39.0 Å². The molecule has 83 heavy (non-hydrogen) atoms. The van der Waals surface area contributed by atoms with Crippen molar-refractivity contribution in [2.24, 2.45) is 58.0 Å². The molecule has 5 aliphatic rings. The Hall–Kier alpha value is -5.20. The first-order chi connectivity index (χ1) is 40.0. The zero-order valence-corrected chi connectivity index (χ0v) is 53.3. The average molecular weight is 1150 g/mol. The first-order valence-electron chi connectivity index (χ1n) is 32.2. The summed E-state index contributed by atoms with van der Waals surface area (Å²) in [5.74, 6) is 5.35. The highest BCUT2D eigenvalue weighted by Gasteiger charge is 2.59. The third-order valence-corrected chi connectivity index (χ3v) is 19.6. The van der Waals surface area contributed by atoms with Crippen molar-refractivity contribution >= 4 is 24.3 Å². The van der Waals surface area contributed by atoms with Crippen LogP contribution in [0.15, 0.2) is 90.5 Å². The maximum absolute atomic E-state index is 13.3. The number of benzene rings is 3. The van der Waals surface area contributed by atoms with Crippen molar-refractivity contribution in [3.8, 4) is 11.5 Å². The minimum atomic E-state index is -1.06. The number of nitrogens with zero attached hydrogens (tertiary/aromatic N) is 1. The molecule has 0 aromatic heterocycles. The highest BCUT2D eigenvalue weighted by molar-refractivity contribution is 5.80. The Bertz CT molecular complexity index is 2380. The molecule has 4 fully saturated rings. The van der Waals surface area contributed by atoms with Gasteiger partial charge in [-0.1, -0.05) is 167 Å². The number of primary amides is 1. The van der Waals surface area contributed by atoms with Crippen molar-refractivity contribution in [1.29, 1.82) is 0 Å². The lowest BCUT2D eigenvalue weighted by atomic mass is 9.47. The summed E-state index contributed by atoms with van der Waals surface area (Å²) in [6.45, 7) is 23.3. The van der Waals surface area contributed by atoms with Gasteiger partial charge in [0, 0.05) is 31.7 Å². The summed E-state index contributed by atoms with van der Waals surface area (Å²) in [7, 11) is 5.16. The van der Waals surface area contributed by atoms with Crippen molar-refractivity contribution in [2.75, 3.05) is 47.5 Å². The lowest BCUT2D eigenvalue weighted by Gasteiger charge is -2.58. The van der Waals surface area contributed by atoms with E-state index in [9.17, 15) is 19.2 Å². The highest BCUT2D eigenvalue weighted by Crippen LogP contribution is 2.67. The molecule has 2 amide bonds. The van der Waals surface area contributed by atoms with E-state index in [1.54, 1.807) is 24.7 Å². The summed E-state index contributed by atoms with van der Waals surface area (Å²) >= 11 is 0. The van der Waals surface area contributed by atoms with Crippen molar-refractivity contribution in [1.82, 2.24) is 10.2 Å². The lowest BCUT2D eigenvalue weighted by Crippen LogP contribution is -2.51. The van der Waals surface area contributed by atoms with E-state index in [2.05, 4.69) is 59.9 Å². The van der Waals surface area contributed by atoms with Gasteiger partial charge in [0.25, 0.3) is 6.47 Å². The van der Waals surface area contributed by atoms with Crippen LogP contribution in [0.2, 0.25) is 0 Å². The Balaban J connectivity index is 0.000000299. The molecule has 1 aliphatic heterocycles. The van der Waals surface area contributed by atoms with Crippen LogP contribution in [0.4, 0.5) is 0 Å². The van der Waals surface area contributed by atoms with Gasteiger partial charge < -0.3 is 39.6 Å². The quantitative estimate of drug-likeness (QED) is 0.0261. The van der Waals surface area contributed by atoms with E-state index in [4.69, 9.17) is 29.4 Å². The maximum atomic E-state index is 13.3. The molecular weight excluding hydrogens is 1040 g/mol. The van der Waals surface area contributed by atoms with Crippen LogP contribution in [0.5, 0.6) is 11.5 Å². The number of amides is 2. The summed E-state index contributed by atoms with van der Waals surface area (Å²) in [6.07, 6.45) is 22.2. The van der Waals surface area contributed by atoms with Crippen LogP contribution < -0.4 is 20.5 Å². The number of esters is 1. The van der Waals surface area contributed by atoms with Crippen LogP contribution in [-0.4, -0.2) is 88.9 Å². The van der Waals surface area contributed by atoms with Crippen molar-refractivity contribution in [3.63, 3.8) is 0 Å². The molecule has 0 radical (unpaired) electrons. The maximum Gasteiger partial charge on any atom is 0.306 e. The first kappa shape index (κ1) is 68.6. The van der Waals surface area contributed by atoms with E-state index in [1.165, 1.54) is 70.6 Å². The lowest BCUT2D eigenvalue weighted by molar-refractivity contribution is -0.153. The van der Waals surface area contributed by atoms with Gasteiger partial charge in [-0.3, -0.25) is 19.2 Å². The minimum absolute atomic E-state index is 0.0229. The van der Waals surface area contributed by atoms with E-state index in [0.29, 0.717) is 41.8 Å². The summed E-state index contributed by atoms with van der Waals surface area (Å²) < 4.78 is 29.3. The number of hydrogen-bond donors (Lipinski definition) is 2.